The number of carbonyl (C=O) groups is 2. The summed E-state index contributed by atoms with van der Waals surface area (Å²) in [6.45, 7) is 0.618. The average Bonchev–Trinajstić information content (AvgIpc) is 3.44. The number of halogens is 1. The van der Waals surface area contributed by atoms with Crippen molar-refractivity contribution in [2.45, 2.75) is 24.9 Å². The molecule has 0 unspecified atom stereocenters. The second kappa shape index (κ2) is 6.76. The van der Waals surface area contributed by atoms with Gasteiger partial charge in [-0.2, -0.15) is 0 Å². The number of aromatic nitrogens is 1. The monoisotopic (exact) mass is 409 g/mol. The summed E-state index contributed by atoms with van der Waals surface area (Å²) in [5, 5.41) is 17.0. The lowest BCUT2D eigenvalue weighted by Crippen LogP contribution is -2.47. The maximum absolute atomic E-state index is 13.4. The molecular weight excluding hydrogens is 389 g/mol. The lowest BCUT2D eigenvalue weighted by atomic mass is 9.89. The molecule has 1 saturated carbocycles. The van der Waals surface area contributed by atoms with E-state index in [-0.39, 0.29) is 12.4 Å². The van der Waals surface area contributed by atoms with E-state index in [2.05, 4.69) is 10.6 Å². The zero-order valence-corrected chi connectivity index (χ0v) is 16.0. The van der Waals surface area contributed by atoms with Crippen LogP contribution in [0.4, 0.5) is 9.18 Å². The molecule has 1 aliphatic carbocycles. The molecule has 1 aromatic heterocycles. The molecule has 0 bridgehead atoms. The van der Waals surface area contributed by atoms with E-state index in [0.29, 0.717) is 29.2 Å². The molecule has 5 rings (SSSR count). The van der Waals surface area contributed by atoms with E-state index in [4.69, 9.17) is 4.74 Å². The highest BCUT2D eigenvalue weighted by Crippen LogP contribution is 2.35. The van der Waals surface area contributed by atoms with Crippen LogP contribution in [0.5, 0.6) is 11.6 Å². The second-order valence-corrected chi connectivity index (χ2v) is 7.90. The van der Waals surface area contributed by atoms with Gasteiger partial charge in [0.2, 0.25) is 0 Å². The first-order chi connectivity index (χ1) is 14.4. The van der Waals surface area contributed by atoms with Crippen molar-refractivity contribution in [3.63, 3.8) is 0 Å². The molecule has 2 aliphatic rings. The third-order valence-corrected chi connectivity index (χ3v) is 5.70. The van der Waals surface area contributed by atoms with Crippen molar-refractivity contribution in [2.75, 3.05) is 6.61 Å². The Balaban J connectivity index is 1.51. The van der Waals surface area contributed by atoms with Gasteiger partial charge in [0.1, 0.15) is 11.6 Å². The summed E-state index contributed by atoms with van der Waals surface area (Å²) in [5.41, 5.74) is -1.05. The third kappa shape index (κ3) is 3.14. The number of amides is 3. The first kappa shape index (κ1) is 18.5. The van der Waals surface area contributed by atoms with Gasteiger partial charge in [0.15, 0.2) is 11.4 Å². The van der Waals surface area contributed by atoms with Crippen LogP contribution in [0.1, 0.15) is 18.4 Å². The SMILES string of the molecule is O=C1NC(=O)[C@](Cn2cc3cc(OCC4CC4)ccc3c2O)(c2ccc(F)cc2)N1. The molecule has 3 aromatic rings. The number of nitrogens with zero attached hydrogens (tertiary/aromatic N) is 1. The zero-order valence-electron chi connectivity index (χ0n) is 16.0. The molecule has 2 aromatic carbocycles. The number of rotatable bonds is 6. The van der Waals surface area contributed by atoms with E-state index in [0.717, 1.165) is 5.39 Å². The molecule has 1 saturated heterocycles. The van der Waals surface area contributed by atoms with Crippen LogP contribution in [0.25, 0.3) is 10.8 Å². The van der Waals surface area contributed by atoms with E-state index in [1.807, 2.05) is 6.07 Å². The number of nitrogens with one attached hydrogen (secondary N) is 2. The largest absolute Gasteiger partial charge is 0.494 e. The summed E-state index contributed by atoms with van der Waals surface area (Å²) < 4.78 is 20.7. The first-order valence-corrected chi connectivity index (χ1v) is 9.79. The Kier molecular flexibility index (Phi) is 4.16. The number of imide groups is 1. The highest BCUT2D eigenvalue weighted by Gasteiger charge is 2.48. The predicted octanol–water partition coefficient (Wildman–Crippen LogP) is 3.01. The van der Waals surface area contributed by atoms with Crippen LogP contribution in [0.15, 0.2) is 48.7 Å². The van der Waals surface area contributed by atoms with Gasteiger partial charge in [-0.3, -0.25) is 10.1 Å². The van der Waals surface area contributed by atoms with Gasteiger partial charge in [0, 0.05) is 17.0 Å². The number of hydrogen-bond donors (Lipinski definition) is 3. The lowest BCUT2D eigenvalue weighted by Gasteiger charge is -2.27. The Bertz CT molecular complexity index is 1150. The van der Waals surface area contributed by atoms with Crippen LogP contribution in [0, 0.1) is 11.7 Å². The molecule has 30 heavy (non-hydrogen) atoms. The minimum atomic E-state index is -1.47. The van der Waals surface area contributed by atoms with Gasteiger partial charge < -0.3 is 19.7 Å². The van der Waals surface area contributed by atoms with Crippen molar-refractivity contribution in [3.05, 3.63) is 60.0 Å². The molecule has 0 radical (unpaired) electrons. The predicted molar refractivity (Wildman–Crippen MR) is 107 cm³/mol. The fourth-order valence-corrected chi connectivity index (χ4v) is 3.83. The maximum atomic E-state index is 13.4. The van der Waals surface area contributed by atoms with Gasteiger partial charge in [-0.1, -0.05) is 12.1 Å². The van der Waals surface area contributed by atoms with Crippen LogP contribution in [0.3, 0.4) is 0 Å². The van der Waals surface area contributed by atoms with Gasteiger partial charge in [-0.25, -0.2) is 9.18 Å². The van der Waals surface area contributed by atoms with E-state index in [9.17, 15) is 19.1 Å². The number of urea groups is 1. The molecule has 3 amide bonds. The van der Waals surface area contributed by atoms with Crippen LogP contribution < -0.4 is 15.4 Å². The number of ether oxygens (including phenoxy) is 1. The molecule has 2 fully saturated rings. The summed E-state index contributed by atoms with van der Waals surface area (Å²) in [4.78, 5) is 24.7. The molecule has 3 N–H and O–H groups in total. The Labute approximate surface area is 171 Å². The fourth-order valence-electron chi connectivity index (χ4n) is 3.83. The standard InChI is InChI=1S/C22H20FN3O4/c23-16-5-3-15(4-6-16)22(20(28)24-21(29)25-22)12-26-10-14-9-17(30-11-13-1-2-13)7-8-18(14)19(26)27/h3-10,13,27H,1-2,11-12H2,(H2,24,25,28,29)/t22-/m0/s1. The summed E-state index contributed by atoms with van der Waals surface area (Å²) in [7, 11) is 0. The smallest absolute Gasteiger partial charge is 0.322 e. The Morgan fingerprint density at radius 2 is 1.93 bits per heavy atom. The normalized spacial score (nSPS) is 21.0. The molecule has 154 valence electrons. The quantitative estimate of drug-likeness (QED) is 0.546. The number of carbonyl (C=O) groups excluding carboxylic acids is 2. The topological polar surface area (TPSA) is 92.6 Å². The van der Waals surface area contributed by atoms with Gasteiger partial charge in [-0.15, -0.1) is 0 Å². The summed E-state index contributed by atoms with van der Waals surface area (Å²) in [6.07, 6.45) is 4.09. The highest BCUT2D eigenvalue weighted by molar-refractivity contribution is 6.07. The molecule has 1 aliphatic heterocycles. The fraction of sp³-hybridized carbons (Fsp3) is 0.273. The maximum Gasteiger partial charge on any atom is 0.322 e. The Hall–Kier alpha value is -3.55. The van der Waals surface area contributed by atoms with Crippen LogP contribution >= 0.6 is 0 Å². The van der Waals surface area contributed by atoms with Gasteiger partial charge in [-0.05, 0) is 54.7 Å². The molecule has 8 heteroatoms. The van der Waals surface area contributed by atoms with E-state index < -0.39 is 23.3 Å². The third-order valence-electron chi connectivity index (χ3n) is 5.70. The van der Waals surface area contributed by atoms with E-state index in [1.165, 1.54) is 41.7 Å². The lowest BCUT2D eigenvalue weighted by molar-refractivity contribution is -0.124. The highest BCUT2D eigenvalue weighted by atomic mass is 19.1. The Morgan fingerprint density at radius 1 is 1.17 bits per heavy atom. The van der Waals surface area contributed by atoms with Crippen molar-refractivity contribution in [1.29, 1.82) is 0 Å². The molecule has 7 nitrogen and oxygen atoms in total. The number of fused-ring (bicyclic) bond motifs is 1. The minimum Gasteiger partial charge on any atom is -0.494 e. The summed E-state index contributed by atoms with van der Waals surface area (Å²) in [5.74, 6) is 0.288. The molecular formula is C22H20FN3O4. The number of benzene rings is 2. The van der Waals surface area contributed by atoms with Crippen molar-refractivity contribution in [1.82, 2.24) is 15.2 Å². The van der Waals surface area contributed by atoms with Crippen molar-refractivity contribution in [3.8, 4) is 11.6 Å². The molecule has 1 atom stereocenters. The van der Waals surface area contributed by atoms with Crippen LogP contribution in [-0.2, 0) is 16.9 Å². The number of aromatic hydroxyl groups is 1. The van der Waals surface area contributed by atoms with Crippen LogP contribution in [-0.4, -0.2) is 28.2 Å². The average molecular weight is 409 g/mol. The van der Waals surface area contributed by atoms with Gasteiger partial charge in [0.05, 0.1) is 13.2 Å². The van der Waals surface area contributed by atoms with Crippen molar-refractivity contribution in [2.24, 2.45) is 5.92 Å². The van der Waals surface area contributed by atoms with E-state index >= 15 is 0 Å². The van der Waals surface area contributed by atoms with Gasteiger partial charge in [0.25, 0.3) is 5.91 Å². The van der Waals surface area contributed by atoms with Crippen LogP contribution in [0.2, 0.25) is 0 Å². The molecule has 2 heterocycles. The second-order valence-electron chi connectivity index (χ2n) is 7.90. The Morgan fingerprint density at radius 3 is 2.60 bits per heavy atom. The van der Waals surface area contributed by atoms with Gasteiger partial charge >= 0.3 is 6.03 Å². The van der Waals surface area contributed by atoms with Crippen molar-refractivity contribution < 1.29 is 23.8 Å². The van der Waals surface area contributed by atoms with Crippen molar-refractivity contribution >= 4 is 22.7 Å². The van der Waals surface area contributed by atoms with E-state index in [1.54, 1.807) is 18.3 Å². The summed E-state index contributed by atoms with van der Waals surface area (Å²) >= 11 is 0. The molecule has 0 spiro atoms. The minimum absolute atomic E-state index is 0.0332. The zero-order chi connectivity index (χ0) is 20.9. The first-order valence-electron chi connectivity index (χ1n) is 9.79. The summed E-state index contributed by atoms with van der Waals surface area (Å²) in [6, 6.07) is 10.1. The number of hydrogen-bond acceptors (Lipinski definition) is 4.